The lowest BCUT2D eigenvalue weighted by atomic mass is 10.0. The summed E-state index contributed by atoms with van der Waals surface area (Å²) in [6.45, 7) is 6.66. The minimum absolute atomic E-state index is 0.165. The van der Waals surface area contributed by atoms with Gasteiger partial charge < -0.3 is 19.7 Å². The summed E-state index contributed by atoms with van der Waals surface area (Å²) in [6.07, 6.45) is 4.96. The number of halogens is 2. The van der Waals surface area contributed by atoms with Gasteiger partial charge in [0.2, 0.25) is 0 Å². The molecular formula is C32H36ClFN6O2. The highest BCUT2D eigenvalue weighted by atomic mass is 35.5. The fourth-order valence-electron chi connectivity index (χ4n) is 6.91. The standard InChI is InChI=1S/C32H36ClFN6O2/c1-3-41-23-13-22(39(2)17-23)18-42-32-37-30-25(31(38-32)40-11-10-19-12-21(16-40)35-14-19)15-36-29(28(30)34)24-8-4-6-20-7-5-9-26(33)27(20)24/h4-9,15,19,21-23,35H,3,10-14,16-18H2,1-2H3/t19?,21?,22-,23+/m0/s1. The van der Waals surface area contributed by atoms with E-state index in [1.54, 1.807) is 6.20 Å². The number of likely N-dealkylation sites (tertiary alicyclic amines) is 1. The van der Waals surface area contributed by atoms with Gasteiger partial charge in [0.25, 0.3) is 0 Å². The van der Waals surface area contributed by atoms with Crippen molar-refractivity contribution in [3.63, 3.8) is 0 Å². The van der Waals surface area contributed by atoms with E-state index in [0.717, 1.165) is 56.2 Å². The van der Waals surface area contributed by atoms with Crippen molar-refractivity contribution in [1.82, 2.24) is 25.2 Å². The lowest BCUT2D eigenvalue weighted by Crippen LogP contribution is -2.39. The fourth-order valence-corrected chi connectivity index (χ4v) is 7.19. The van der Waals surface area contributed by atoms with Gasteiger partial charge in [0, 0.05) is 60.5 Å². The molecule has 42 heavy (non-hydrogen) atoms. The second kappa shape index (κ2) is 11.5. The number of hydrogen-bond donors (Lipinski definition) is 1. The molecule has 5 heterocycles. The van der Waals surface area contributed by atoms with Crippen LogP contribution in [0.1, 0.15) is 26.2 Å². The van der Waals surface area contributed by atoms with Gasteiger partial charge in [-0.15, -0.1) is 0 Å². The van der Waals surface area contributed by atoms with Crippen molar-refractivity contribution in [3.8, 4) is 17.3 Å². The van der Waals surface area contributed by atoms with Gasteiger partial charge in [-0.25, -0.2) is 4.39 Å². The Hall–Kier alpha value is -3.11. The Bertz CT molecular complexity index is 1620. The van der Waals surface area contributed by atoms with Gasteiger partial charge in [0.05, 0.1) is 11.5 Å². The zero-order chi connectivity index (χ0) is 28.8. The van der Waals surface area contributed by atoms with E-state index in [1.165, 1.54) is 0 Å². The average Bonchev–Trinajstić information content (AvgIpc) is 3.51. The minimum Gasteiger partial charge on any atom is -0.462 e. The molecule has 2 bridgehead atoms. The van der Waals surface area contributed by atoms with E-state index in [1.807, 2.05) is 43.3 Å². The number of fused-ring (bicyclic) bond motifs is 4. The molecule has 0 spiro atoms. The maximum atomic E-state index is 16.6. The van der Waals surface area contributed by atoms with E-state index in [-0.39, 0.29) is 29.4 Å². The number of pyridine rings is 1. The molecule has 3 aliphatic rings. The number of hydrogen-bond acceptors (Lipinski definition) is 8. The molecule has 2 aromatic carbocycles. The van der Waals surface area contributed by atoms with Crippen LogP contribution in [0.2, 0.25) is 5.02 Å². The van der Waals surface area contributed by atoms with E-state index in [9.17, 15) is 0 Å². The van der Waals surface area contributed by atoms with Gasteiger partial charge >= 0.3 is 6.01 Å². The summed E-state index contributed by atoms with van der Waals surface area (Å²) in [5.41, 5.74) is 1.05. The van der Waals surface area contributed by atoms with E-state index in [0.29, 0.717) is 47.0 Å². The first-order valence-corrected chi connectivity index (χ1v) is 15.3. The van der Waals surface area contributed by atoms with E-state index in [2.05, 4.69) is 32.1 Å². The lowest BCUT2D eigenvalue weighted by molar-refractivity contribution is 0.0705. The maximum Gasteiger partial charge on any atom is 0.319 e. The van der Waals surface area contributed by atoms with Crippen LogP contribution in [-0.2, 0) is 4.74 Å². The molecule has 3 fully saturated rings. The van der Waals surface area contributed by atoms with Crippen LogP contribution in [0.25, 0.3) is 32.9 Å². The summed E-state index contributed by atoms with van der Waals surface area (Å²) in [6, 6.07) is 12.1. The van der Waals surface area contributed by atoms with E-state index < -0.39 is 5.82 Å². The first-order chi connectivity index (χ1) is 20.5. The van der Waals surface area contributed by atoms with Crippen LogP contribution < -0.4 is 15.0 Å². The van der Waals surface area contributed by atoms with Crippen LogP contribution in [0.15, 0.2) is 42.6 Å². The van der Waals surface area contributed by atoms with Crippen molar-refractivity contribution in [2.75, 3.05) is 51.3 Å². The quantitative estimate of drug-likeness (QED) is 0.310. The number of anilines is 1. The van der Waals surface area contributed by atoms with Gasteiger partial charge in [-0.05, 0) is 57.1 Å². The van der Waals surface area contributed by atoms with Gasteiger partial charge in [0.1, 0.15) is 23.6 Å². The Morgan fingerprint density at radius 1 is 1.12 bits per heavy atom. The average molecular weight is 591 g/mol. The van der Waals surface area contributed by atoms with Gasteiger partial charge in [-0.2, -0.15) is 9.97 Å². The third-order valence-corrected chi connectivity index (χ3v) is 9.39. The normalized spacial score (nSPS) is 24.5. The summed E-state index contributed by atoms with van der Waals surface area (Å²) in [7, 11) is 2.08. The molecule has 0 amide bonds. The molecule has 7 rings (SSSR count). The first-order valence-electron chi connectivity index (χ1n) is 14.9. The molecule has 2 unspecified atom stereocenters. The number of benzene rings is 2. The Balaban J connectivity index is 1.30. The molecular weight excluding hydrogens is 555 g/mol. The smallest absolute Gasteiger partial charge is 0.319 e. The van der Waals surface area contributed by atoms with Crippen LogP contribution in [0.5, 0.6) is 6.01 Å². The van der Waals surface area contributed by atoms with Gasteiger partial charge in [0.15, 0.2) is 5.82 Å². The first kappa shape index (κ1) is 27.7. The van der Waals surface area contributed by atoms with Crippen molar-refractivity contribution in [3.05, 3.63) is 53.4 Å². The zero-order valence-electron chi connectivity index (χ0n) is 24.0. The summed E-state index contributed by atoms with van der Waals surface area (Å²) < 4.78 is 28.7. The number of nitrogens with zero attached hydrogens (tertiary/aromatic N) is 5. The topological polar surface area (TPSA) is 75.6 Å². The maximum absolute atomic E-state index is 16.6. The SMILES string of the molecule is CCO[C@@H]1C[C@@H](COc2nc(N3CCC4CNC(C4)C3)c3cnc(-c4cccc5cccc(Cl)c45)c(F)c3n2)N(C)C1. The van der Waals surface area contributed by atoms with Crippen LogP contribution in [0, 0.1) is 11.7 Å². The van der Waals surface area contributed by atoms with Crippen molar-refractivity contribution < 1.29 is 13.9 Å². The van der Waals surface area contributed by atoms with Gasteiger partial charge in [-0.3, -0.25) is 9.88 Å². The molecule has 2 aromatic heterocycles. The molecule has 0 radical (unpaired) electrons. The van der Waals surface area contributed by atoms with Gasteiger partial charge in [-0.1, -0.05) is 41.9 Å². The Morgan fingerprint density at radius 3 is 2.83 bits per heavy atom. The lowest BCUT2D eigenvalue weighted by Gasteiger charge is -2.28. The Kier molecular flexibility index (Phi) is 7.60. The predicted octanol–water partition coefficient (Wildman–Crippen LogP) is 5.31. The van der Waals surface area contributed by atoms with E-state index in [4.69, 9.17) is 26.1 Å². The minimum atomic E-state index is -0.503. The molecule has 3 aliphatic heterocycles. The highest BCUT2D eigenvalue weighted by Crippen LogP contribution is 2.38. The number of ether oxygens (including phenoxy) is 2. The van der Waals surface area contributed by atoms with Crippen LogP contribution in [-0.4, -0.2) is 84.5 Å². The summed E-state index contributed by atoms with van der Waals surface area (Å²) in [4.78, 5) is 18.7. The van der Waals surface area contributed by atoms with Crippen LogP contribution >= 0.6 is 11.6 Å². The molecule has 8 nitrogen and oxygen atoms in total. The molecule has 0 aliphatic carbocycles. The highest BCUT2D eigenvalue weighted by molar-refractivity contribution is 6.36. The third-order valence-electron chi connectivity index (χ3n) is 9.07. The summed E-state index contributed by atoms with van der Waals surface area (Å²) >= 11 is 6.60. The highest BCUT2D eigenvalue weighted by Gasteiger charge is 2.33. The zero-order valence-corrected chi connectivity index (χ0v) is 24.8. The number of likely N-dealkylation sites (N-methyl/N-ethyl adjacent to an activating group) is 1. The van der Waals surface area contributed by atoms with Crippen LogP contribution in [0.4, 0.5) is 10.2 Å². The van der Waals surface area contributed by atoms with Crippen LogP contribution in [0.3, 0.4) is 0 Å². The Labute approximate surface area is 250 Å². The number of nitrogens with one attached hydrogen (secondary N) is 1. The summed E-state index contributed by atoms with van der Waals surface area (Å²) in [5, 5.41) is 6.45. The molecule has 3 saturated heterocycles. The van der Waals surface area contributed by atoms with Crippen molar-refractivity contribution in [1.29, 1.82) is 0 Å². The molecule has 1 N–H and O–H groups in total. The molecule has 4 atom stereocenters. The van der Waals surface area contributed by atoms with Crippen molar-refractivity contribution in [2.24, 2.45) is 5.92 Å². The van der Waals surface area contributed by atoms with Crippen molar-refractivity contribution >= 4 is 39.1 Å². The van der Waals surface area contributed by atoms with Crippen molar-refractivity contribution in [2.45, 2.75) is 44.4 Å². The fraction of sp³-hybridized carbons (Fsp3) is 0.469. The largest absolute Gasteiger partial charge is 0.462 e. The van der Waals surface area contributed by atoms with E-state index >= 15 is 4.39 Å². The number of aromatic nitrogens is 3. The molecule has 0 saturated carbocycles. The second-order valence-electron chi connectivity index (χ2n) is 11.8. The number of rotatable bonds is 7. The predicted molar refractivity (Wildman–Crippen MR) is 164 cm³/mol. The molecule has 10 heteroatoms. The third kappa shape index (κ3) is 5.17. The molecule has 4 aromatic rings. The molecule has 220 valence electrons. The summed E-state index contributed by atoms with van der Waals surface area (Å²) in [5.74, 6) is 0.820. The second-order valence-corrected chi connectivity index (χ2v) is 12.2. The monoisotopic (exact) mass is 590 g/mol. The Morgan fingerprint density at radius 2 is 1.98 bits per heavy atom.